The average molecular weight is 192 g/mol. The maximum Gasteiger partial charge on any atom is 0.435 e. The highest BCUT2D eigenvalue weighted by molar-refractivity contribution is 5.26. The zero-order chi connectivity index (χ0) is 10.1. The summed E-state index contributed by atoms with van der Waals surface area (Å²) in [4.78, 5) is 0. The standard InChI is InChI=1S/C8H11F3N2/c1-3-4-6-5(2)12-13-7(6)8(9,10)11/h3-4H2,1-2H3,(H,12,13). The maximum absolute atomic E-state index is 12.3. The van der Waals surface area contributed by atoms with E-state index in [0.29, 0.717) is 18.5 Å². The van der Waals surface area contributed by atoms with Crippen LogP contribution >= 0.6 is 0 Å². The van der Waals surface area contributed by atoms with Gasteiger partial charge in [-0.05, 0) is 13.3 Å². The first kappa shape index (κ1) is 10.1. The van der Waals surface area contributed by atoms with Gasteiger partial charge in [0.05, 0.1) is 0 Å². The van der Waals surface area contributed by atoms with E-state index in [1.165, 1.54) is 0 Å². The van der Waals surface area contributed by atoms with Crippen molar-refractivity contribution in [2.24, 2.45) is 0 Å². The molecule has 1 rings (SSSR count). The first-order valence-electron chi connectivity index (χ1n) is 4.07. The van der Waals surface area contributed by atoms with Crippen LogP contribution in [0, 0.1) is 6.92 Å². The number of aromatic nitrogens is 2. The molecule has 0 aliphatic carbocycles. The highest BCUT2D eigenvalue weighted by atomic mass is 19.4. The van der Waals surface area contributed by atoms with E-state index >= 15 is 0 Å². The summed E-state index contributed by atoms with van der Waals surface area (Å²) in [6.45, 7) is 3.44. The van der Waals surface area contributed by atoms with Gasteiger partial charge in [0.1, 0.15) is 0 Å². The number of H-pyrrole nitrogens is 1. The first-order valence-corrected chi connectivity index (χ1v) is 4.07. The summed E-state index contributed by atoms with van der Waals surface area (Å²) < 4.78 is 36.9. The summed E-state index contributed by atoms with van der Waals surface area (Å²) in [6, 6.07) is 0. The van der Waals surface area contributed by atoms with Crippen LogP contribution < -0.4 is 0 Å². The molecule has 0 unspecified atom stereocenters. The molecule has 0 bridgehead atoms. The Morgan fingerprint density at radius 2 is 2.00 bits per heavy atom. The van der Waals surface area contributed by atoms with Gasteiger partial charge in [0, 0.05) is 11.3 Å². The van der Waals surface area contributed by atoms with Crippen molar-refractivity contribution in [3.05, 3.63) is 17.0 Å². The van der Waals surface area contributed by atoms with Crippen molar-refractivity contribution in [1.29, 1.82) is 0 Å². The van der Waals surface area contributed by atoms with E-state index in [4.69, 9.17) is 0 Å². The molecule has 5 heteroatoms. The molecule has 0 aromatic carbocycles. The van der Waals surface area contributed by atoms with Crippen LogP contribution in [0.15, 0.2) is 0 Å². The van der Waals surface area contributed by atoms with Crippen molar-refractivity contribution < 1.29 is 13.2 Å². The molecular weight excluding hydrogens is 181 g/mol. The van der Waals surface area contributed by atoms with Gasteiger partial charge >= 0.3 is 6.18 Å². The van der Waals surface area contributed by atoms with E-state index < -0.39 is 11.9 Å². The second-order valence-corrected chi connectivity index (χ2v) is 2.92. The van der Waals surface area contributed by atoms with Crippen molar-refractivity contribution in [2.45, 2.75) is 32.9 Å². The summed E-state index contributed by atoms with van der Waals surface area (Å²) >= 11 is 0. The van der Waals surface area contributed by atoms with Gasteiger partial charge in [0.15, 0.2) is 5.69 Å². The number of nitrogens with zero attached hydrogens (tertiary/aromatic N) is 1. The fourth-order valence-corrected chi connectivity index (χ4v) is 1.24. The summed E-state index contributed by atoms with van der Waals surface area (Å²) in [6.07, 6.45) is -3.24. The highest BCUT2D eigenvalue weighted by Crippen LogP contribution is 2.31. The average Bonchev–Trinajstić information content (AvgIpc) is 2.32. The van der Waals surface area contributed by atoms with Crippen molar-refractivity contribution in [3.63, 3.8) is 0 Å². The molecule has 74 valence electrons. The predicted octanol–water partition coefficient (Wildman–Crippen LogP) is 2.69. The Hall–Kier alpha value is -1.00. The molecule has 1 aromatic heterocycles. The normalized spacial score (nSPS) is 12.1. The van der Waals surface area contributed by atoms with Gasteiger partial charge in [-0.15, -0.1) is 0 Å². The number of halogens is 3. The van der Waals surface area contributed by atoms with E-state index in [-0.39, 0.29) is 5.56 Å². The van der Waals surface area contributed by atoms with Gasteiger partial charge in [0.25, 0.3) is 0 Å². The Bertz CT molecular complexity index is 288. The number of rotatable bonds is 2. The Morgan fingerprint density at radius 1 is 1.38 bits per heavy atom. The van der Waals surface area contributed by atoms with Crippen LogP contribution in [0.3, 0.4) is 0 Å². The third kappa shape index (κ3) is 2.02. The minimum Gasteiger partial charge on any atom is -0.282 e. The SMILES string of the molecule is CCCc1c(C(F)(F)F)n[nH]c1C. The molecule has 1 aromatic rings. The monoisotopic (exact) mass is 192 g/mol. The van der Waals surface area contributed by atoms with Crippen molar-refractivity contribution in [3.8, 4) is 0 Å². The summed E-state index contributed by atoms with van der Waals surface area (Å²) in [5, 5.41) is 5.61. The van der Waals surface area contributed by atoms with Gasteiger partial charge in [-0.25, -0.2) is 0 Å². The number of aryl methyl sites for hydroxylation is 1. The lowest BCUT2D eigenvalue weighted by atomic mass is 10.1. The van der Waals surface area contributed by atoms with Gasteiger partial charge in [-0.2, -0.15) is 18.3 Å². The van der Waals surface area contributed by atoms with E-state index in [1.54, 1.807) is 6.92 Å². The van der Waals surface area contributed by atoms with E-state index in [2.05, 4.69) is 10.2 Å². The number of nitrogens with one attached hydrogen (secondary N) is 1. The Kier molecular flexibility index (Phi) is 2.63. The molecule has 0 atom stereocenters. The van der Waals surface area contributed by atoms with Crippen LogP contribution in [0.2, 0.25) is 0 Å². The van der Waals surface area contributed by atoms with Gasteiger partial charge in [-0.3, -0.25) is 5.10 Å². The van der Waals surface area contributed by atoms with Crippen molar-refractivity contribution in [2.75, 3.05) is 0 Å². The zero-order valence-electron chi connectivity index (χ0n) is 7.50. The smallest absolute Gasteiger partial charge is 0.282 e. The summed E-state index contributed by atoms with van der Waals surface area (Å²) in [5.74, 6) is 0. The van der Waals surface area contributed by atoms with Crippen molar-refractivity contribution >= 4 is 0 Å². The number of hydrogen-bond acceptors (Lipinski definition) is 1. The number of aromatic amines is 1. The van der Waals surface area contributed by atoms with Gasteiger partial charge in [-0.1, -0.05) is 13.3 Å². The minimum absolute atomic E-state index is 0.287. The van der Waals surface area contributed by atoms with Crippen LogP contribution in [0.1, 0.15) is 30.3 Å². The Labute approximate surface area is 74.1 Å². The lowest BCUT2D eigenvalue weighted by molar-refractivity contribution is -0.141. The fraction of sp³-hybridized carbons (Fsp3) is 0.625. The molecule has 0 spiro atoms. The molecule has 0 fully saturated rings. The van der Waals surface area contributed by atoms with Crippen LogP contribution in [-0.4, -0.2) is 10.2 Å². The van der Waals surface area contributed by atoms with Crippen molar-refractivity contribution in [1.82, 2.24) is 10.2 Å². The fourth-order valence-electron chi connectivity index (χ4n) is 1.24. The lowest BCUT2D eigenvalue weighted by Crippen LogP contribution is -2.09. The third-order valence-electron chi connectivity index (χ3n) is 1.84. The van der Waals surface area contributed by atoms with Gasteiger partial charge in [0.2, 0.25) is 0 Å². The first-order chi connectivity index (χ1) is 5.96. The second kappa shape index (κ2) is 3.40. The Balaban J connectivity index is 3.07. The topological polar surface area (TPSA) is 28.7 Å². The van der Waals surface area contributed by atoms with Crippen LogP contribution in [-0.2, 0) is 12.6 Å². The van der Waals surface area contributed by atoms with Crippen LogP contribution in [0.25, 0.3) is 0 Å². The van der Waals surface area contributed by atoms with E-state index in [1.807, 2.05) is 6.92 Å². The molecular formula is C8H11F3N2. The molecule has 0 aliphatic rings. The predicted molar refractivity (Wildman–Crippen MR) is 42.3 cm³/mol. The lowest BCUT2D eigenvalue weighted by Gasteiger charge is -2.05. The molecule has 0 aliphatic heterocycles. The minimum atomic E-state index is -4.34. The quantitative estimate of drug-likeness (QED) is 0.766. The molecule has 1 heterocycles. The second-order valence-electron chi connectivity index (χ2n) is 2.92. The Morgan fingerprint density at radius 3 is 2.46 bits per heavy atom. The van der Waals surface area contributed by atoms with Crippen LogP contribution in [0.4, 0.5) is 13.2 Å². The molecule has 13 heavy (non-hydrogen) atoms. The third-order valence-corrected chi connectivity index (χ3v) is 1.84. The molecule has 1 N–H and O–H groups in total. The number of alkyl halides is 3. The number of hydrogen-bond donors (Lipinski definition) is 1. The molecule has 0 saturated carbocycles. The summed E-state index contributed by atoms with van der Waals surface area (Å²) in [7, 11) is 0. The largest absolute Gasteiger partial charge is 0.435 e. The molecule has 2 nitrogen and oxygen atoms in total. The van der Waals surface area contributed by atoms with Crippen LogP contribution in [0.5, 0.6) is 0 Å². The van der Waals surface area contributed by atoms with E-state index in [9.17, 15) is 13.2 Å². The zero-order valence-corrected chi connectivity index (χ0v) is 7.50. The highest BCUT2D eigenvalue weighted by Gasteiger charge is 2.36. The molecule has 0 amide bonds. The van der Waals surface area contributed by atoms with Gasteiger partial charge < -0.3 is 0 Å². The molecule has 0 saturated heterocycles. The maximum atomic E-state index is 12.3. The van der Waals surface area contributed by atoms with E-state index in [0.717, 1.165) is 0 Å². The molecule has 0 radical (unpaired) electrons. The summed E-state index contributed by atoms with van der Waals surface area (Å²) in [5.41, 5.74) is 0.0241.